The molecule has 0 radical (unpaired) electrons. The van der Waals surface area contributed by atoms with Crippen LogP contribution in [0.1, 0.15) is 5.56 Å². The number of rotatable bonds is 5. The lowest BCUT2D eigenvalue weighted by Crippen LogP contribution is -2.14. The molecule has 0 aliphatic rings. The second-order valence-corrected chi connectivity index (χ2v) is 6.45. The van der Waals surface area contributed by atoms with Crippen molar-refractivity contribution in [2.75, 3.05) is 11.1 Å². The summed E-state index contributed by atoms with van der Waals surface area (Å²) in [5, 5.41) is 14.6. The number of carbonyl (C=O) groups is 1. The summed E-state index contributed by atoms with van der Waals surface area (Å²) >= 11 is 7.49. The fourth-order valence-electron chi connectivity index (χ4n) is 2.16. The number of nitrogens with one attached hydrogen (secondary N) is 1. The van der Waals surface area contributed by atoms with E-state index in [-0.39, 0.29) is 11.7 Å². The number of anilines is 1. The molecule has 0 unspecified atom stereocenters. The van der Waals surface area contributed by atoms with E-state index in [1.165, 1.54) is 18.1 Å². The number of carbonyl (C=O) groups excluding carboxylic acids is 1. The lowest BCUT2D eigenvalue weighted by atomic mass is 10.2. The molecule has 8 heteroatoms. The van der Waals surface area contributed by atoms with E-state index in [1.54, 1.807) is 4.68 Å². The van der Waals surface area contributed by atoms with Crippen molar-refractivity contribution in [1.82, 2.24) is 20.2 Å². The third kappa shape index (κ3) is 3.93. The molecule has 3 rings (SSSR count). The molecule has 1 aromatic heterocycles. The number of thioether (sulfide) groups is 1. The molecule has 0 aliphatic carbocycles. The minimum absolute atomic E-state index is 0.0884. The number of aromatic nitrogens is 4. The molecule has 122 valence electrons. The van der Waals surface area contributed by atoms with Crippen molar-refractivity contribution in [3.8, 4) is 5.69 Å². The first-order valence-electron chi connectivity index (χ1n) is 7.14. The second kappa shape index (κ2) is 7.46. The van der Waals surface area contributed by atoms with Gasteiger partial charge in [0, 0.05) is 10.6 Å². The number of tetrazole rings is 1. The van der Waals surface area contributed by atoms with Crippen molar-refractivity contribution in [2.45, 2.75) is 11.8 Å². The van der Waals surface area contributed by atoms with Crippen LogP contribution in [0.4, 0.5) is 5.69 Å². The zero-order valence-electron chi connectivity index (χ0n) is 12.8. The number of benzene rings is 2. The van der Waals surface area contributed by atoms with Crippen LogP contribution in [0.15, 0.2) is 53.7 Å². The average Bonchev–Trinajstić information content (AvgIpc) is 3.08. The summed E-state index contributed by atoms with van der Waals surface area (Å²) in [6.45, 7) is 1.94. The first kappa shape index (κ1) is 16.5. The normalized spacial score (nSPS) is 10.6. The summed E-state index contributed by atoms with van der Waals surface area (Å²) in [5.41, 5.74) is 2.55. The molecule has 1 heterocycles. The van der Waals surface area contributed by atoms with Gasteiger partial charge in [-0.2, -0.15) is 0 Å². The lowest BCUT2D eigenvalue weighted by molar-refractivity contribution is -0.113. The van der Waals surface area contributed by atoms with E-state index >= 15 is 0 Å². The summed E-state index contributed by atoms with van der Waals surface area (Å²) in [4.78, 5) is 13.0. The zero-order valence-corrected chi connectivity index (χ0v) is 14.4. The maximum absolute atomic E-state index is 12.1. The molecule has 3 aromatic rings. The van der Waals surface area contributed by atoms with Gasteiger partial charge in [0.2, 0.25) is 5.91 Å². The van der Waals surface area contributed by atoms with Gasteiger partial charge in [-0.05, 0) is 53.2 Å². The minimum Gasteiger partial charge on any atom is -0.325 e. The number of hydrogen-bond acceptors (Lipinski definition) is 5. The quantitative estimate of drug-likeness (QED) is 0.707. The summed E-state index contributed by atoms with van der Waals surface area (Å²) in [6, 6.07) is 13.0. The Labute approximate surface area is 148 Å². The van der Waals surface area contributed by atoms with E-state index in [1.807, 2.05) is 49.4 Å². The zero-order chi connectivity index (χ0) is 16.9. The summed E-state index contributed by atoms with van der Waals surface area (Å²) in [6.07, 6.45) is 1.53. The van der Waals surface area contributed by atoms with Gasteiger partial charge in [-0.15, -0.1) is 16.9 Å². The molecule has 0 saturated carbocycles. The highest BCUT2D eigenvalue weighted by molar-refractivity contribution is 8.00. The Balaban J connectivity index is 1.62. The van der Waals surface area contributed by atoms with Crippen LogP contribution >= 0.6 is 23.4 Å². The summed E-state index contributed by atoms with van der Waals surface area (Å²) in [7, 11) is 0. The van der Waals surface area contributed by atoms with E-state index in [0.717, 1.165) is 21.8 Å². The Bertz CT molecular complexity index is 853. The molecule has 2 aromatic carbocycles. The van der Waals surface area contributed by atoms with Crippen molar-refractivity contribution in [3.63, 3.8) is 0 Å². The van der Waals surface area contributed by atoms with Crippen molar-refractivity contribution in [3.05, 3.63) is 59.4 Å². The maximum atomic E-state index is 12.1. The van der Waals surface area contributed by atoms with Gasteiger partial charge in [0.25, 0.3) is 0 Å². The molecule has 1 N–H and O–H groups in total. The highest BCUT2D eigenvalue weighted by Crippen LogP contribution is 2.26. The Morgan fingerprint density at radius 3 is 2.83 bits per heavy atom. The molecule has 0 bridgehead atoms. The maximum Gasteiger partial charge on any atom is 0.234 e. The average molecular weight is 360 g/mol. The van der Waals surface area contributed by atoms with Crippen LogP contribution in [0.2, 0.25) is 5.02 Å². The fourth-order valence-corrected chi connectivity index (χ4v) is 3.20. The molecular formula is C16H14ClN5OS. The van der Waals surface area contributed by atoms with E-state index in [0.29, 0.717) is 5.02 Å². The van der Waals surface area contributed by atoms with E-state index in [4.69, 9.17) is 11.6 Å². The largest absolute Gasteiger partial charge is 0.325 e. The molecule has 1 amide bonds. The lowest BCUT2D eigenvalue weighted by Gasteiger charge is -2.09. The van der Waals surface area contributed by atoms with Gasteiger partial charge in [0.15, 0.2) is 0 Å². The fraction of sp³-hybridized carbons (Fsp3) is 0.125. The van der Waals surface area contributed by atoms with Crippen molar-refractivity contribution in [1.29, 1.82) is 0 Å². The van der Waals surface area contributed by atoms with Gasteiger partial charge >= 0.3 is 0 Å². The summed E-state index contributed by atoms with van der Waals surface area (Å²) < 4.78 is 1.58. The van der Waals surface area contributed by atoms with Gasteiger partial charge in [0.1, 0.15) is 6.33 Å². The highest BCUT2D eigenvalue weighted by atomic mass is 35.5. The Morgan fingerprint density at radius 1 is 1.29 bits per heavy atom. The summed E-state index contributed by atoms with van der Waals surface area (Å²) in [5.74, 6) is 0.201. The minimum atomic E-state index is -0.0884. The molecule has 0 atom stereocenters. The number of aryl methyl sites for hydroxylation is 1. The van der Waals surface area contributed by atoms with Crippen LogP contribution in [0.3, 0.4) is 0 Å². The SMILES string of the molecule is Cc1cc(NC(=O)CSc2ccccc2Cl)ccc1-n1cnnn1. The molecule has 24 heavy (non-hydrogen) atoms. The first-order valence-corrected chi connectivity index (χ1v) is 8.51. The van der Waals surface area contributed by atoms with Crippen LogP contribution in [0.25, 0.3) is 5.69 Å². The predicted octanol–water partition coefficient (Wildman–Crippen LogP) is 3.35. The van der Waals surface area contributed by atoms with Crippen molar-refractivity contribution >= 4 is 35.0 Å². The number of amides is 1. The molecule has 0 saturated heterocycles. The third-order valence-electron chi connectivity index (χ3n) is 3.27. The van der Waals surface area contributed by atoms with E-state index in [9.17, 15) is 4.79 Å². The standard InChI is InChI=1S/C16H14ClN5OS/c1-11-8-12(6-7-14(11)22-10-18-20-21-22)19-16(23)9-24-15-5-3-2-4-13(15)17/h2-8,10H,9H2,1H3,(H,19,23). The Kier molecular flexibility index (Phi) is 5.12. The predicted molar refractivity (Wildman–Crippen MR) is 94.7 cm³/mol. The molecule has 0 spiro atoms. The van der Waals surface area contributed by atoms with Crippen LogP contribution in [0.5, 0.6) is 0 Å². The first-order chi connectivity index (χ1) is 11.6. The van der Waals surface area contributed by atoms with Gasteiger partial charge in [-0.3, -0.25) is 4.79 Å². The van der Waals surface area contributed by atoms with Gasteiger partial charge in [-0.1, -0.05) is 23.7 Å². The van der Waals surface area contributed by atoms with Crippen LogP contribution in [-0.4, -0.2) is 31.9 Å². The monoisotopic (exact) mass is 359 g/mol. The van der Waals surface area contributed by atoms with Crippen LogP contribution in [-0.2, 0) is 4.79 Å². The topological polar surface area (TPSA) is 72.7 Å². The smallest absolute Gasteiger partial charge is 0.234 e. The number of hydrogen-bond donors (Lipinski definition) is 1. The number of nitrogens with zero attached hydrogens (tertiary/aromatic N) is 4. The molecule has 0 aliphatic heterocycles. The van der Waals surface area contributed by atoms with Gasteiger partial charge in [-0.25, -0.2) is 4.68 Å². The molecule has 6 nitrogen and oxygen atoms in total. The van der Waals surface area contributed by atoms with Crippen LogP contribution < -0.4 is 5.32 Å². The van der Waals surface area contributed by atoms with E-state index in [2.05, 4.69) is 20.8 Å². The molecule has 0 fully saturated rings. The van der Waals surface area contributed by atoms with Crippen molar-refractivity contribution in [2.24, 2.45) is 0 Å². The van der Waals surface area contributed by atoms with Gasteiger partial charge < -0.3 is 5.32 Å². The highest BCUT2D eigenvalue weighted by Gasteiger charge is 2.08. The third-order valence-corrected chi connectivity index (χ3v) is 4.79. The second-order valence-electron chi connectivity index (χ2n) is 5.02. The van der Waals surface area contributed by atoms with Gasteiger partial charge in [0.05, 0.1) is 16.5 Å². The molecular weight excluding hydrogens is 346 g/mol. The Morgan fingerprint density at radius 2 is 2.12 bits per heavy atom. The van der Waals surface area contributed by atoms with Crippen molar-refractivity contribution < 1.29 is 4.79 Å². The van der Waals surface area contributed by atoms with Crippen LogP contribution in [0, 0.1) is 6.92 Å². The Hall–Kier alpha value is -2.38. The van der Waals surface area contributed by atoms with E-state index < -0.39 is 0 Å². The number of halogens is 1.